The quantitative estimate of drug-likeness (QED) is 0.768. The van der Waals surface area contributed by atoms with Crippen LogP contribution in [0.2, 0.25) is 0 Å². The summed E-state index contributed by atoms with van der Waals surface area (Å²) in [5.41, 5.74) is 2.02. The topological polar surface area (TPSA) is 60.9 Å². The van der Waals surface area contributed by atoms with Crippen molar-refractivity contribution in [1.82, 2.24) is 9.80 Å². The molecule has 0 aromatic heterocycles. The highest BCUT2D eigenvalue weighted by atomic mass is 16.2. The van der Waals surface area contributed by atoms with E-state index in [9.17, 15) is 14.4 Å². The van der Waals surface area contributed by atoms with Crippen LogP contribution in [-0.2, 0) is 4.79 Å². The molecule has 0 N–H and O–H groups in total. The first-order valence-electron chi connectivity index (χ1n) is 9.68. The lowest BCUT2D eigenvalue weighted by Crippen LogP contribution is -2.38. The summed E-state index contributed by atoms with van der Waals surface area (Å²) < 4.78 is 0. The van der Waals surface area contributed by atoms with E-state index in [1.165, 1.54) is 10.6 Å². The first-order chi connectivity index (χ1) is 13.6. The van der Waals surface area contributed by atoms with Gasteiger partial charge in [-0.15, -0.1) is 0 Å². The molecule has 4 rings (SSSR count). The third kappa shape index (κ3) is 3.50. The number of amides is 3. The summed E-state index contributed by atoms with van der Waals surface area (Å²) in [5, 5.41) is 0. The van der Waals surface area contributed by atoms with E-state index in [-0.39, 0.29) is 30.7 Å². The predicted molar refractivity (Wildman–Crippen MR) is 106 cm³/mol. The first-order valence-corrected chi connectivity index (χ1v) is 9.68. The first kappa shape index (κ1) is 18.2. The number of para-hydroxylation sites is 1. The normalized spacial score (nSPS) is 16.9. The van der Waals surface area contributed by atoms with Crippen molar-refractivity contribution in [3.8, 4) is 0 Å². The lowest BCUT2D eigenvalue weighted by atomic mass is 10.1. The highest BCUT2D eigenvalue weighted by Gasteiger charge is 2.35. The number of fused-ring (bicyclic) bond motifs is 1. The van der Waals surface area contributed by atoms with Gasteiger partial charge in [-0.25, -0.2) is 0 Å². The maximum absolute atomic E-state index is 12.7. The van der Waals surface area contributed by atoms with E-state index in [4.69, 9.17) is 0 Å². The van der Waals surface area contributed by atoms with Crippen LogP contribution in [0.1, 0.15) is 33.6 Å². The van der Waals surface area contributed by atoms with Gasteiger partial charge in [0.2, 0.25) is 5.91 Å². The van der Waals surface area contributed by atoms with Crippen molar-refractivity contribution in [2.75, 3.05) is 37.6 Å². The van der Waals surface area contributed by atoms with Crippen molar-refractivity contribution in [3.63, 3.8) is 0 Å². The number of hydrogen-bond acceptors (Lipinski definition) is 4. The van der Waals surface area contributed by atoms with Crippen molar-refractivity contribution < 1.29 is 14.4 Å². The van der Waals surface area contributed by atoms with E-state index in [1.54, 1.807) is 24.3 Å². The average molecular weight is 377 g/mol. The largest absolute Gasteiger partial charge is 0.370 e. The Balaban J connectivity index is 1.33. The lowest BCUT2D eigenvalue weighted by molar-refractivity contribution is -0.131. The molecule has 6 nitrogen and oxygen atoms in total. The molecule has 2 aliphatic heterocycles. The number of carbonyl (C=O) groups excluding carboxylic acids is 3. The van der Waals surface area contributed by atoms with Gasteiger partial charge in [-0.2, -0.15) is 0 Å². The number of hydrogen-bond donors (Lipinski definition) is 0. The van der Waals surface area contributed by atoms with E-state index < -0.39 is 0 Å². The molecule has 3 amide bonds. The zero-order valence-electron chi connectivity index (χ0n) is 15.7. The van der Waals surface area contributed by atoms with Crippen LogP contribution in [0.15, 0.2) is 54.6 Å². The fourth-order valence-electron chi connectivity index (χ4n) is 3.87. The molecule has 28 heavy (non-hydrogen) atoms. The molecule has 2 heterocycles. The smallest absolute Gasteiger partial charge is 0.261 e. The van der Waals surface area contributed by atoms with Gasteiger partial charge in [0, 0.05) is 44.8 Å². The molecular weight excluding hydrogens is 354 g/mol. The number of carbonyl (C=O) groups is 3. The Morgan fingerprint density at radius 2 is 1.43 bits per heavy atom. The summed E-state index contributed by atoms with van der Waals surface area (Å²) in [6.45, 7) is 3.17. The zero-order chi connectivity index (χ0) is 19.5. The monoisotopic (exact) mass is 377 g/mol. The van der Waals surface area contributed by atoms with Crippen LogP contribution in [0.3, 0.4) is 0 Å². The molecule has 0 unspecified atom stereocenters. The molecule has 0 radical (unpaired) electrons. The minimum Gasteiger partial charge on any atom is -0.370 e. The highest BCUT2D eigenvalue weighted by Crippen LogP contribution is 2.23. The fourth-order valence-corrected chi connectivity index (χ4v) is 3.87. The minimum atomic E-state index is -0.306. The van der Waals surface area contributed by atoms with Crippen LogP contribution in [0.4, 0.5) is 5.69 Å². The summed E-state index contributed by atoms with van der Waals surface area (Å²) in [6.07, 6.45) is 1.06. The molecule has 2 aromatic rings. The molecule has 1 fully saturated rings. The average Bonchev–Trinajstić information content (AvgIpc) is 2.90. The second-order valence-corrected chi connectivity index (χ2v) is 7.11. The van der Waals surface area contributed by atoms with Gasteiger partial charge >= 0.3 is 0 Å². The molecule has 2 aromatic carbocycles. The van der Waals surface area contributed by atoms with Gasteiger partial charge in [-0.05, 0) is 30.7 Å². The minimum absolute atomic E-state index is 0.00790. The number of rotatable bonds is 4. The lowest BCUT2D eigenvalue weighted by Gasteiger charge is -2.24. The van der Waals surface area contributed by atoms with Gasteiger partial charge in [0.15, 0.2) is 0 Å². The van der Waals surface area contributed by atoms with Crippen LogP contribution in [0, 0.1) is 0 Å². The Morgan fingerprint density at radius 1 is 0.786 bits per heavy atom. The van der Waals surface area contributed by atoms with Gasteiger partial charge in [-0.1, -0.05) is 30.3 Å². The van der Waals surface area contributed by atoms with Gasteiger partial charge in [-0.3, -0.25) is 19.3 Å². The van der Waals surface area contributed by atoms with Crippen molar-refractivity contribution in [3.05, 3.63) is 65.7 Å². The van der Waals surface area contributed by atoms with E-state index in [2.05, 4.69) is 17.0 Å². The fraction of sp³-hybridized carbons (Fsp3) is 0.318. The molecule has 0 saturated carbocycles. The molecule has 0 aliphatic carbocycles. The summed E-state index contributed by atoms with van der Waals surface area (Å²) in [7, 11) is 0. The van der Waals surface area contributed by atoms with Crippen LogP contribution < -0.4 is 4.90 Å². The molecule has 1 saturated heterocycles. The van der Waals surface area contributed by atoms with E-state index in [0.29, 0.717) is 24.2 Å². The van der Waals surface area contributed by atoms with Crippen LogP contribution in [0.25, 0.3) is 0 Å². The molecule has 0 spiro atoms. The summed E-state index contributed by atoms with van der Waals surface area (Å²) >= 11 is 0. The van der Waals surface area contributed by atoms with Gasteiger partial charge in [0.25, 0.3) is 11.8 Å². The molecule has 2 aliphatic rings. The number of benzene rings is 2. The Kier molecular flexibility index (Phi) is 5.10. The summed E-state index contributed by atoms with van der Waals surface area (Å²) in [6, 6.07) is 17.0. The van der Waals surface area contributed by atoms with Crippen molar-refractivity contribution >= 4 is 23.4 Å². The predicted octanol–water partition coefficient (Wildman–Crippen LogP) is 2.41. The van der Waals surface area contributed by atoms with Crippen molar-refractivity contribution in [1.29, 1.82) is 0 Å². The Bertz CT molecular complexity index is 862. The van der Waals surface area contributed by atoms with Gasteiger partial charge < -0.3 is 9.80 Å². The molecule has 0 atom stereocenters. The van der Waals surface area contributed by atoms with Crippen molar-refractivity contribution in [2.45, 2.75) is 12.8 Å². The van der Waals surface area contributed by atoms with E-state index in [1.807, 2.05) is 23.1 Å². The Hall–Kier alpha value is -3.15. The molecule has 6 heteroatoms. The van der Waals surface area contributed by atoms with Gasteiger partial charge in [0.1, 0.15) is 0 Å². The zero-order valence-corrected chi connectivity index (χ0v) is 15.7. The Morgan fingerprint density at radius 3 is 2.11 bits per heavy atom. The standard InChI is InChI=1S/C22H23N3O3/c26-20(11-14-25-21(27)18-9-4-5-10-19(18)22(25)28)24-13-6-12-23(15-16-24)17-7-2-1-3-8-17/h1-5,7-10H,6,11-16H2. The van der Waals surface area contributed by atoms with Crippen LogP contribution >= 0.6 is 0 Å². The number of nitrogens with zero attached hydrogens (tertiary/aromatic N) is 3. The van der Waals surface area contributed by atoms with Crippen molar-refractivity contribution in [2.24, 2.45) is 0 Å². The summed E-state index contributed by atoms with van der Waals surface area (Å²) in [4.78, 5) is 42.9. The second kappa shape index (κ2) is 7.84. The number of imide groups is 1. The third-order valence-corrected chi connectivity index (χ3v) is 5.40. The highest BCUT2D eigenvalue weighted by molar-refractivity contribution is 6.21. The van der Waals surface area contributed by atoms with Crippen LogP contribution in [0.5, 0.6) is 0 Å². The van der Waals surface area contributed by atoms with E-state index in [0.717, 1.165) is 19.5 Å². The van der Waals surface area contributed by atoms with Gasteiger partial charge in [0.05, 0.1) is 11.1 Å². The maximum Gasteiger partial charge on any atom is 0.261 e. The van der Waals surface area contributed by atoms with E-state index >= 15 is 0 Å². The van der Waals surface area contributed by atoms with Crippen LogP contribution in [-0.4, -0.2) is 60.2 Å². The Labute approximate surface area is 164 Å². The molecule has 0 bridgehead atoms. The summed E-state index contributed by atoms with van der Waals surface area (Å²) in [5.74, 6) is -0.620. The third-order valence-electron chi connectivity index (χ3n) is 5.40. The number of anilines is 1. The SMILES string of the molecule is O=C(CCN1C(=O)c2ccccc2C1=O)N1CCCN(c2ccccc2)CC1. The molecular formula is C22H23N3O3. The maximum atomic E-state index is 12.7. The molecule has 144 valence electrons. The second-order valence-electron chi connectivity index (χ2n) is 7.11.